The Morgan fingerprint density at radius 3 is 2.26 bits per heavy atom. The number of hydrogen-bond acceptors (Lipinski definition) is 4. The number of carbonyl (C=O) groups excluding carboxylic acids is 1. The maximum absolute atomic E-state index is 12.9. The van der Waals surface area contributed by atoms with Crippen LogP contribution in [0.15, 0.2) is 24.3 Å². The van der Waals surface area contributed by atoms with Gasteiger partial charge in [-0.25, -0.2) is 8.42 Å². The Labute approximate surface area is 163 Å². The monoisotopic (exact) mass is 392 g/mol. The molecule has 1 aromatic rings. The summed E-state index contributed by atoms with van der Waals surface area (Å²) >= 11 is 0. The van der Waals surface area contributed by atoms with Crippen molar-refractivity contribution in [1.82, 2.24) is 9.80 Å². The van der Waals surface area contributed by atoms with Gasteiger partial charge in [0.05, 0.1) is 18.1 Å². The molecule has 0 N–H and O–H groups in total. The molecular weight excluding hydrogens is 360 g/mol. The highest BCUT2D eigenvalue weighted by Crippen LogP contribution is 2.29. The Hall–Kier alpha value is -1.40. The number of amides is 1. The van der Waals surface area contributed by atoms with Gasteiger partial charge in [0.15, 0.2) is 9.84 Å². The molecule has 2 fully saturated rings. The topological polar surface area (TPSA) is 57.7 Å². The summed E-state index contributed by atoms with van der Waals surface area (Å²) in [6.45, 7) is 8.03. The number of nitrogens with zero attached hydrogens (tertiary/aromatic N) is 2. The lowest BCUT2D eigenvalue weighted by molar-refractivity contribution is -0.134. The van der Waals surface area contributed by atoms with E-state index in [1.54, 1.807) is 4.90 Å². The van der Waals surface area contributed by atoms with Crippen molar-refractivity contribution in [2.45, 2.75) is 64.6 Å². The van der Waals surface area contributed by atoms with E-state index in [0.29, 0.717) is 31.5 Å². The zero-order valence-corrected chi connectivity index (χ0v) is 17.5. The Balaban J connectivity index is 1.64. The molecule has 1 aliphatic carbocycles. The van der Waals surface area contributed by atoms with Crippen LogP contribution in [-0.4, -0.2) is 60.8 Å². The zero-order valence-electron chi connectivity index (χ0n) is 16.7. The molecule has 0 spiro atoms. The van der Waals surface area contributed by atoms with Crippen molar-refractivity contribution in [3.63, 3.8) is 0 Å². The number of benzene rings is 1. The van der Waals surface area contributed by atoms with E-state index >= 15 is 0 Å². The fourth-order valence-electron chi connectivity index (χ4n) is 3.92. The van der Waals surface area contributed by atoms with Gasteiger partial charge in [-0.1, -0.05) is 38.1 Å². The molecule has 1 unspecified atom stereocenters. The third-order valence-corrected chi connectivity index (χ3v) is 7.49. The molecule has 1 heterocycles. The van der Waals surface area contributed by atoms with Gasteiger partial charge in [0.1, 0.15) is 0 Å². The van der Waals surface area contributed by atoms with E-state index in [-0.39, 0.29) is 23.5 Å². The van der Waals surface area contributed by atoms with Crippen LogP contribution in [-0.2, 0) is 21.2 Å². The fraction of sp³-hybridized carbons (Fsp3) is 0.667. The molecule has 1 saturated carbocycles. The van der Waals surface area contributed by atoms with Crippen LogP contribution in [0.25, 0.3) is 0 Å². The van der Waals surface area contributed by atoms with Crippen molar-refractivity contribution in [2.24, 2.45) is 0 Å². The van der Waals surface area contributed by atoms with E-state index in [9.17, 15) is 13.2 Å². The Kier molecular flexibility index (Phi) is 6.26. The molecular formula is C21H32N2O3S. The zero-order chi connectivity index (χ0) is 19.6. The van der Waals surface area contributed by atoms with Gasteiger partial charge in [-0.15, -0.1) is 0 Å². The standard InChI is InChI=1S/C21H32N2O3S/c1-4-23(20-11-12-27(25,26)15-20)21(24)14-22(19-9-10-19)13-17-5-7-18(8-6-17)16(2)3/h5-8,16,19-20H,4,9-15H2,1-3H3. The van der Waals surface area contributed by atoms with E-state index in [4.69, 9.17) is 0 Å². The predicted octanol–water partition coefficient (Wildman–Crippen LogP) is 2.81. The maximum Gasteiger partial charge on any atom is 0.237 e. The van der Waals surface area contributed by atoms with Gasteiger partial charge >= 0.3 is 0 Å². The minimum atomic E-state index is -2.98. The van der Waals surface area contributed by atoms with Crippen LogP contribution in [0.3, 0.4) is 0 Å². The Morgan fingerprint density at radius 2 is 1.78 bits per heavy atom. The minimum absolute atomic E-state index is 0.0605. The average molecular weight is 393 g/mol. The quantitative estimate of drug-likeness (QED) is 0.683. The van der Waals surface area contributed by atoms with Gasteiger partial charge < -0.3 is 4.90 Å². The van der Waals surface area contributed by atoms with Crippen LogP contribution < -0.4 is 0 Å². The van der Waals surface area contributed by atoms with Crippen molar-refractivity contribution in [2.75, 3.05) is 24.6 Å². The first kappa shape index (κ1) is 20.3. The molecule has 1 amide bonds. The van der Waals surface area contributed by atoms with Gasteiger partial charge in [0, 0.05) is 25.2 Å². The lowest BCUT2D eigenvalue weighted by Crippen LogP contribution is -2.46. The highest BCUT2D eigenvalue weighted by molar-refractivity contribution is 7.91. The van der Waals surface area contributed by atoms with Crippen molar-refractivity contribution < 1.29 is 13.2 Å². The second-order valence-corrected chi connectivity index (χ2v) is 10.5. The molecule has 6 heteroatoms. The van der Waals surface area contributed by atoms with Gasteiger partial charge in [-0.3, -0.25) is 9.69 Å². The molecule has 1 atom stereocenters. The maximum atomic E-state index is 12.9. The summed E-state index contributed by atoms with van der Waals surface area (Å²) in [5.41, 5.74) is 2.55. The first-order valence-electron chi connectivity index (χ1n) is 10.1. The summed E-state index contributed by atoms with van der Waals surface area (Å²) in [6.07, 6.45) is 2.85. The molecule has 150 valence electrons. The lowest BCUT2D eigenvalue weighted by Gasteiger charge is -2.30. The Morgan fingerprint density at radius 1 is 1.11 bits per heavy atom. The highest BCUT2D eigenvalue weighted by Gasteiger charge is 2.36. The normalized spacial score (nSPS) is 21.7. The molecule has 1 aromatic carbocycles. The first-order chi connectivity index (χ1) is 12.8. The average Bonchev–Trinajstić information content (AvgIpc) is 3.39. The number of hydrogen-bond donors (Lipinski definition) is 0. The number of rotatable bonds is 8. The summed E-state index contributed by atoms with van der Waals surface area (Å²) in [5.74, 6) is 0.897. The number of likely N-dealkylation sites (N-methyl/N-ethyl adjacent to an activating group) is 1. The van der Waals surface area contributed by atoms with Crippen LogP contribution in [0.1, 0.15) is 57.1 Å². The molecule has 0 aromatic heterocycles. The summed E-state index contributed by atoms with van der Waals surface area (Å²) in [5, 5.41) is 0. The van der Waals surface area contributed by atoms with E-state index < -0.39 is 9.84 Å². The number of carbonyl (C=O) groups is 1. The Bertz CT molecular complexity index is 754. The van der Waals surface area contributed by atoms with Crippen LogP contribution in [0.5, 0.6) is 0 Å². The third-order valence-electron chi connectivity index (χ3n) is 5.74. The predicted molar refractivity (Wildman–Crippen MR) is 108 cm³/mol. The van der Waals surface area contributed by atoms with Crippen LogP contribution >= 0.6 is 0 Å². The van der Waals surface area contributed by atoms with Crippen molar-refractivity contribution in [3.8, 4) is 0 Å². The summed E-state index contributed by atoms with van der Waals surface area (Å²) in [6, 6.07) is 9.00. The minimum Gasteiger partial charge on any atom is -0.338 e. The van der Waals surface area contributed by atoms with Gasteiger partial charge in [0.2, 0.25) is 5.91 Å². The SMILES string of the molecule is CCN(C(=O)CN(Cc1ccc(C(C)C)cc1)C1CC1)C1CCS(=O)(=O)C1. The molecule has 0 radical (unpaired) electrons. The highest BCUT2D eigenvalue weighted by atomic mass is 32.2. The fourth-order valence-corrected chi connectivity index (χ4v) is 5.65. The first-order valence-corrected chi connectivity index (χ1v) is 11.9. The molecule has 0 bridgehead atoms. The van der Waals surface area contributed by atoms with Gasteiger partial charge in [-0.2, -0.15) is 0 Å². The lowest BCUT2D eigenvalue weighted by atomic mass is 10.0. The van der Waals surface area contributed by atoms with Crippen LogP contribution in [0, 0.1) is 0 Å². The number of sulfone groups is 1. The van der Waals surface area contributed by atoms with Crippen LogP contribution in [0.4, 0.5) is 0 Å². The molecule has 27 heavy (non-hydrogen) atoms. The van der Waals surface area contributed by atoms with Crippen molar-refractivity contribution in [3.05, 3.63) is 35.4 Å². The largest absolute Gasteiger partial charge is 0.338 e. The second kappa shape index (κ2) is 8.31. The smallest absolute Gasteiger partial charge is 0.237 e. The molecule has 3 rings (SSSR count). The van der Waals surface area contributed by atoms with Gasteiger partial charge in [-0.05, 0) is 43.2 Å². The molecule has 1 saturated heterocycles. The van der Waals surface area contributed by atoms with Crippen molar-refractivity contribution >= 4 is 15.7 Å². The van der Waals surface area contributed by atoms with Gasteiger partial charge in [0.25, 0.3) is 0 Å². The molecule has 5 nitrogen and oxygen atoms in total. The van der Waals surface area contributed by atoms with E-state index in [0.717, 1.165) is 19.4 Å². The van der Waals surface area contributed by atoms with E-state index in [1.807, 2.05) is 6.92 Å². The van der Waals surface area contributed by atoms with E-state index in [1.165, 1.54) is 11.1 Å². The summed E-state index contributed by atoms with van der Waals surface area (Å²) in [7, 11) is -2.98. The summed E-state index contributed by atoms with van der Waals surface area (Å²) in [4.78, 5) is 17.0. The van der Waals surface area contributed by atoms with E-state index in [2.05, 4.69) is 43.0 Å². The third kappa shape index (κ3) is 5.32. The summed E-state index contributed by atoms with van der Waals surface area (Å²) < 4.78 is 23.6. The molecule has 1 aliphatic heterocycles. The second-order valence-electron chi connectivity index (χ2n) is 8.27. The van der Waals surface area contributed by atoms with Crippen molar-refractivity contribution in [1.29, 1.82) is 0 Å². The molecule has 2 aliphatic rings. The van der Waals surface area contributed by atoms with Crippen LogP contribution in [0.2, 0.25) is 0 Å².